The van der Waals surface area contributed by atoms with Crippen LogP contribution in [0.15, 0.2) is 0 Å². The van der Waals surface area contributed by atoms with Gasteiger partial charge in [0.25, 0.3) is 0 Å². The first kappa shape index (κ1) is 15.7. The number of carbonyl (C=O) groups is 1. The topological polar surface area (TPSA) is 55.3 Å². The number of aromatic nitrogens is 2. The molecule has 0 aliphatic heterocycles. The predicted octanol–water partition coefficient (Wildman–Crippen LogP) is 2.30. The average Bonchev–Trinajstić information content (AvgIpc) is 2.50. The van der Waals surface area contributed by atoms with Crippen LogP contribution in [0.25, 0.3) is 0 Å². The zero-order valence-electron chi connectivity index (χ0n) is 13.5. The van der Waals surface area contributed by atoms with Crippen molar-refractivity contribution < 1.29 is 9.53 Å². The summed E-state index contributed by atoms with van der Waals surface area (Å²) in [5, 5.41) is 0. The Morgan fingerprint density at radius 2 is 2.05 bits per heavy atom. The third-order valence-corrected chi connectivity index (χ3v) is 4.05. The fourth-order valence-corrected chi connectivity index (χ4v) is 2.93. The van der Waals surface area contributed by atoms with E-state index in [1.807, 2.05) is 13.8 Å². The van der Waals surface area contributed by atoms with Crippen molar-refractivity contribution in [1.29, 1.82) is 0 Å². The molecule has 1 aliphatic carbocycles. The molecule has 0 bridgehead atoms. The lowest BCUT2D eigenvalue weighted by atomic mass is 9.95. The van der Waals surface area contributed by atoms with E-state index in [0.717, 1.165) is 31.0 Å². The van der Waals surface area contributed by atoms with E-state index >= 15 is 0 Å². The smallest absolute Gasteiger partial charge is 0.310 e. The average molecular weight is 291 g/mol. The van der Waals surface area contributed by atoms with Crippen molar-refractivity contribution in [3.05, 3.63) is 17.1 Å². The number of esters is 1. The number of aryl methyl sites for hydroxylation is 2. The molecule has 0 saturated carbocycles. The molecule has 21 heavy (non-hydrogen) atoms. The lowest BCUT2D eigenvalue weighted by Crippen LogP contribution is -2.34. The molecule has 0 amide bonds. The first-order valence-corrected chi connectivity index (χ1v) is 7.76. The largest absolute Gasteiger partial charge is 0.469 e. The van der Waals surface area contributed by atoms with Gasteiger partial charge in [0.1, 0.15) is 11.6 Å². The normalized spacial score (nSPS) is 15.2. The second-order valence-corrected chi connectivity index (χ2v) is 5.69. The van der Waals surface area contributed by atoms with Gasteiger partial charge in [-0.05, 0) is 39.5 Å². The summed E-state index contributed by atoms with van der Waals surface area (Å²) in [6.45, 7) is 7.39. The van der Waals surface area contributed by atoms with Gasteiger partial charge in [-0.15, -0.1) is 0 Å². The van der Waals surface area contributed by atoms with E-state index in [1.54, 1.807) is 0 Å². The van der Waals surface area contributed by atoms with Crippen molar-refractivity contribution in [3.8, 4) is 0 Å². The molecule has 1 aromatic heterocycles. The van der Waals surface area contributed by atoms with E-state index in [9.17, 15) is 4.79 Å². The molecule has 116 valence electrons. The van der Waals surface area contributed by atoms with E-state index in [0.29, 0.717) is 6.54 Å². The van der Waals surface area contributed by atoms with E-state index in [-0.39, 0.29) is 11.9 Å². The predicted molar refractivity (Wildman–Crippen MR) is 82.5 cm³/mol. The molecule has 0 aromatic carbocycles. The first-order chi connectivity index (χ1) is 10.1. The second kappa shape index (κ2) is 6.87. The molecule has 1 heterocycles. The maximum Gasteiger partial charge on any atom is 0.310 e. The van der Waals surface area contributed by atoms with Crippen LogP contribution in [0.3, 0.4) is 0 Å². The number of ether oxygens (including phenoxy) is 1. The van der Waals surface area contributed by atoms with E-state index in [1.165, 1.54) is 31.2 Å². The standard InChI is InChI=1S/C16H25N3O2/c1-5-19(10-11(2)16(20)21-4)15-13-8-6-7-9-14(13)17-12(3)18-15/h11H,5-10H2,1-4H3. The van der Waals surface area contributed by atoms with Gasteiger partial charge in [0.15, 0.2) is 0 Å². The Morgan fingerprint density at radius 3 is 2.71 bits per heavy atom. The summed E-state index contributed by atoms with van der Waals surface area (Å²) in [6, 6.07) is 0. The molecule has 2 rings (SSSR count). The lowest BCUT2D eigenvalue weighted by Gasteiger charge is -2.29. The lowest BCUT2D eigenvalue weighted by molar-refractivity contribution is -0.144. The fourth-order valence-electron chi connectivity index (χ4n) is 2.93. The van der Waals surface area contributed by atoms with Gasteiger partial charge < -0.3 is 9.64 Å². The molecule has 0 radical (unpaired) electrons. The van der Waals surface area contributed by atoms with E-state index in [4.69, 9.17) is 4.74 Å². The first-order valence-electron chi connectivity index (χ1n) is 7.76. The molecule has 5 heteroatoms. The van der Waals surface area contributed by atoms with Crippen LogP contribution in [0.1, 0.15) is 43.8 Å². The number of anilines is 1. The Hall–Kier alpha value is -1.65. The highest BCUT2D eigenvalue weighted by Crippen LogP contribution is 2.28. The molecular weight excluding hydrogens is 266 g/mol. The van der Waals surface area contributed by atoms with Crippen LogP contribution in [0.5, 0.6) is 0 Å². The molecule has 5 nitrogen and oxygen atoms in total. The van der Waals surface area contributed by atoms with Crippen molar-refractivity contribution in [2.75, 3.05) is 25.1 Å². The minimum Gasteiger partial charge on any atom is -0.469 e. The highest BCUT2D eigenvalue weighted by Gasteiger charge is 2.23. The van der Waals surface area contributed by atoms with Gasteiger partial charge in [-0.2, -0.15) is 0 Å². The number of carbonyl (C=O) groups excluding carboxylic acids is 1. The summed E-state index contributed by atoms with van der Waals surface area (Å²) in [7, 11) is 1.44. The van der Waals surface area contributed by atoms with Crippen molar-refractivity contribution in [2.24, 2.45) is 5.92 Å². The summed E-state index contributed by atoms with van der Waals surface area (Å²) in [5.41, 5.74) is 2.46. The molecule has 0 saturated heterocycles. The van der Waals surface area contributed by atoms with Gasteiger partial charge in [0, 0.05) is 24.3 Å². The van der Waals surface area contributed by atoms with Gasteiger partial charge in [-0.3, -0.25) is 4.79 Å². The summed E-state index contributed by atoms with van der Waals surface area (Å²) in [6.07, 6.45) is 4.47. The third kappa shape index (κ3) is 3.52. The van der Waals surface area contributed by atoms with Crippen LogP contribution >= 0.6 is 0 Å². The number of nitrogens with zero attached hydrogens (tertiary/aromatic N) is 3. The minimum absolute atomic E-state index is 0.163. The van der Waals surface area contributed by atoms with Gasteiger partial charge in [0.05, 0.1) is 13.0 Å². The van der Waals surface area contributed by atoms with Gasteiger partial charge in [0.2, 0.25) is 0 Å². The molecule has 1 unspecified atom stereocenters. The number of hydrogen-bond acceptors (Lipinski definition) is 5. The van der Waals surface area contributed by atoms with Crippen molar-refractivity contribution in [2.45, 2.75) is 46.5 Å². The highest BCUT2D eigenvalue weighted by molar-refractivity contribution is 5.72. The number of methoxy groups -OCH3 is 1. The summed E-state index contributed by atoms with van der Waals surface area (Å²) in [4.78, 5) is 23.1. The second-order valence-electron chi connectivity index (χ2n) is 5.69. The van der Waals surface area contributed by atoms with Crippen molar-refractivity contribution in [3.63, 3.8) is 0 Å². The van der Waals surface area contributed by atoms with E-state index in [2.05, 4.69) is 21.8 Å². The number of rotatable bonds is 5. The van der Waals surface area contributed by atoms with Crippen molar-refractivity contribution in [1.82, 2.24) is 9.97 Å². The van der Waals surface area contributed by atoms with E-state index < -0.39 is 0 Å². The maximum atomic E-state index is 11.7. The number of fused-ring (bicyclic) bond motifs is 1. The summed E-state index contributed by atoms with van der Waals surface area (Å²) in [5.74, 6) is 1.49. The third-order valence-electron chi connectivity index (χ3n) is 4.05. The summed E-state index contributed by atoms with van der Waals surface area (Å²) >= 11 is 0. The van der Waals surface area contributed by atoms with Gasteiger partial charge >= 0.3 is 5.97 Å². The molecule has 1 aromatic rings. The highest BCUT2D eigenvalue weighted by atomic mass is 16.5. The van der Waals surface area contributed by atoms with Gasteiger partial charge in [-0.1, -0.05) is 6.92 Å². The zero-order chi connectivity index (χ0) is 15.4. The fraction of sp³-hybridized carbons (Fsp3) is 0.688. The molecule has 0 fully saturated rings. The Labute approximate surface area is 126 Å². The van der Waals surface area contributed by atoms with Crippen LogP contribution in [0.2, 0.25) is 0 Å². The Bertz CT molecular complexity index is 516. The van der Waals surface area contributed by atoms with Crippen LogP contribution in [-0.4, -0.2) is 36.1 Å². The molecular formula is C16H25N3O2. The number of hydrogen-bond donors (Lipinski definition) is 0. The quantitative estimate of drug-likeness (QED) is 0.779. The van der Waals surface area contributed by atoms with Gasteiger partial charge in [-0.25, -0.2) is 9.97 Å². The molecule has 1 aliphatic rings. The monoisotopic (exact) mass is 291 g/mol. The summed E-state index contributed by atoms with van der Waals surface area (Å²) < 4.78 is 4.83. The Morgan fingerprint density at radius 1 is 1.33 bits per heavy atom. The minimum atomic E-state index is -0.173. The molecule has 0 N–H and O–H groups in total. The van der Waals surface area contributed by atoms with Crippen LogP contribution < -0.4 is 4.90 Å². The zero-order valence-corrected chi connectivity index (χ0v) is 13.5. The molecule has 1 atom stereocenters. The SMILES string of the molecule is CCN(CC(C)C(=O)OC)c1nc(C)nc2c1CCCC2. The van der Waals surface area contributed by atoms with Crippen molar-refractivity contribution >= 4 is 11.8 Å². The van der Waals surface area contributed by atoms with Crippen LogP contribution in [-0.2, 0) is 22.4 Å². The molecule has 0 spiro atoms. The van der Waals surface area contributed by atoms with Crippen LogP contribution in [0.4, 0.5) is 5.82 Å². The van der Waals surface area contributed by atoms with Crippen LogP contribution in [0, 0.1) is 12.8 Å². The maximum absolute atomic E-state index is 11.7. The Balaban J connectivity index is 2.29. The Kier molecular flexibility index (Phi) is 5.15.